The van der Waals surface area contributed by atoms with Gasteiger partial charge in [-0.3, -0.25) is 15.2 Å². The minimum atomic E-state index is -2.33. The molecular formula is C32H54F5NO9. The van der Waals surface area contributed by atoms with Crippen LogP contribution in [0.5, 0.6) is 5.75 Å². The van der Waals surface area contributed by atoms with E-state index in [9.17, 15) is 37.0 Å². The standard InChI is InChI=1S/C23H33F5O4.C7H15NO5.C2H6/c1-20(2,12-23(7,8)31-10-9-22(5,6)30)11-21(3,4)19(29)32-18-16(27)14(25)13(24)15(26)17(18)28;9-6-3-5(1-2-8(11)12)13-4-7(6)10;1-2/h30H,9-12H2,1-8H3;5-7,9-12H,1-4H2;1-2H3. The molecule has 15 heteroatoms. The molecule has 47 heavy (non-hydrogen) atoms. The third-order valence-corrected chi connectivity index (χ3v) is 7.05. The maximum absolute atomic E-state index is 13.9. The number of hydrogen-bond donors (Lipinski definition) is 5. The summed E-state index contributed by atoms with van der Waals surface area (Å²) in [5.41, 5.74) is -3.33. The molecule has 0 bridgehead atoms. The number of halogens is 5. The Morgan fingerprint density at radius 3 is 1.79 bits per heavy atom. The number of nitrogens with zero attached hydrogens (tertiary/aromatic N) is 1. The molecule has 1 heterocycles. The monoisotopic (exact) mass is 691 g/mol. The zero-order valence-electron chi connectivity index (χ0n) is 29.1. The Morgan fingerprint density at radius 2 is 1.34 bits per heavy atom. The Balaban J connectivity index is 0.00000117. The number of aliphatic hydroxyl groups is 3. The number of benzene rings is 1. The van der Waals surface area contributed by atoms with Gasteiger partial charge in [-0.2, -0.15) is 8.78 Å². The van der Waals surface area contributed by atoms with Crippen molar-refractivity contribution in [3.05, 3.63) is 29.1 Å². The summed E-state index contributed by atoms with van der Waals surface area (Å²) < 4.78 is 83.5. The third-order valence-electron chi connectivity index (χ3n) is 7.05. The molecule has 0 spiro atoms. The van der Waals surface area contributed by atoms with Crippen LogP contribution in [-0.4, -0.2) is 86.2 Å². The lowest BCUT2D eigenvalue weighted by atomic mass is 9.70. The van der Waals surface area contributed by atoms with Crippen LogP contribution in [0.2, 0.25) is 0 Å². The van der Waals surface area contributed by atoms with Gasteiger partial charge in [0.05, 0.1) is 48.6 Å². The van der Waals surface area contributed by atoms with Gasteiger partial charge in [-0.25, -0.2) is 13.2 Å². The van der Waals surface area contributed by atoms with E-state index in [0.29, 0.717) is 32.3 Å². The number of carbonyl (C=O) groups is 1. The van der Waals surface area contributed by atoms with Gasteiger partial charge in [0.2, 0.25) is 34.8 Å². The first-order valence-electron chi connectivity index (χ1n) is 15.5. The highest BCUT2D eigenvalue weighted by Gasteiger charge is 2.41. The van der Waals surface area contributed by atoms with Crippen LogP contribution in [0, 0.1) is 39.9 Å². The van der Waals surface area contributed by atoms with Crippen molar-refractivity contribution in [3.8, 4) is 5.75 Å². The average molecular weight is 692 g/mol. The van der Waals surface area contributed by atoms with Gasteiger partial charge in [-0.15, -0.1) is 0 Å². The molecule has 1 saturated heterocycles. The number of carbonyl (C=O) groups excluding carboxylic acids is 1. The molecule has 3 atom stereocenters. The Bertz CT molecular complexity index is 1100. The van der Waals surface area contributed by atoms with Crippen LogP contribution < -0.4 is 4.74 Å². The molecule has 1 aromatic carbocycles. The molecule has 10 nitrogen and oxygen atoms in total. The summed E-state index contributed by atoms with van der Waals surface area (Å²) >= 11 is 0. The van der Waals surface area contributed by atoms with Gasteiger partial charge in [0.1, 0.15) is 6.10 Å². The fraction of sp³-hybridized carbons (Fsp3) is 0.781. The van der Waals surface area contributed by atoms with E-state index in [2.05, 4.69) is 4.74 Å². The first-order chi connectivity index (χ1) is 21.3. The largest absolute Gasteiger partial charge is 0.420 e. The lowest BCUT2D eigenvalue weighted by Gasteiger charge is -2.39. The number of hydroxylamine groups is 2. The van der Waals surface area contributed by atoms with Crippen LogP contribution >= 0.6 is 0 Å². The van der Waals surface area contributed by atoms with Gasteiger partial charge in [0, 0.05) is 6.42 Å². The fourth-order valence-electron chi connectivity index (χ4n) is 5.32. The smallest absolute Gasteiger partial charge is 0.317 e. The Morgan fingerprint density at radius 1 is 0.851 bits per heavy atom. The summed E-state index contributed by atoms with van der Waals surface area (Å²) in [5.74, 6) is -13.9. The van der Waals surface area contributed by atoms with Gasteiger partial charge in [-0.1, -0.05) is 32.9 Å². The Labute approximate surface area is 274 Å². The van der Waals surface area contributed by atoms with Crippen LogP contribution in [0.3, 0.4) is 0 Å². The second kappa shape index (κ2) is 18.7. The van der Waals surface area contributed by atoms with E-state index in [1.807, 2.05) is 41.5 Å². The summed E-state index contributed by atoms with van der Waals surface area (Å²) in [7, 11) is 0. The van der Waals surface area contributed by atoms with Crippen molar-refractivity contribution in [1.82, 2.24) is 5.23 Å². The molecule has 2 rings (SSSR count). The quantitative estimate of drug-likeness (QED) is 0.0412. The van der Waals surface area contributed by atoms with Crippen LogP contribution in [-0.2, 0) is 14.3 Å². The second-order valence-electron chi connectivity index (χ2n) is 14.1. The first kappa shape index (κ1) is 45.0. The van der Waals surface area contributed by atoms with Crippen molar-refractivity contribution in [1.29, 1.82) is 0 Å². The lowest BCUT2D eigenvalue weighted by molar-refractivity contribution is -0.309. The highest BCUT2D eigenvalue weighted by molar-refractivity contribution is 5.78. The van der Waals surface area contributed by atoms with Gasteiger partial charge in [0.25, 0.3) is 0 Å². The number of hydrogen-bond acceptors (Lipinski definition) is 10. The van der Waals surface area contributed by atoms with Gasteiger partial charge in [-0.05, 0) is 72.6 Å². The van der Waals surface area contributed by atoms with E-state index in [1.165, 1.54) is 13.8 Å². The van der Waals surface area contributed by atoms with Gasteiger partial charge < -0.3 is 29.5 Å². The molecule has 5 N–H and O–H groups in total. The summed E-state index contributed by atoms with van der Waals surface area (Å²) in [6.07, 6.45) is 0.000352. The summed E-state index contributed by atoms with van der Waals surface area (Å²) in [5, 5.41) is 45.1. The SMILES string of the molecule is CC.CC(C)(O)CCOC(C)(C)CC(C)(C)CC(C)(C)C(=O)Oc1c(F)c(F)c(F)c(F)c1F.OC1COC(CCN(O)O)CC1O. The van der Waals surface area contributed by atoms with Crippen molar-refractivity contribution in [2.24, 2.45) is 10.8 Å². The molecule has 1 aliphatic heterocycles. The maximum Gasteiger partial charge on any atom is 0.317 e. The number of ether oxygens (including phenoxy) is 3. The molecule has 0 saturated carbocycles. The van der Waals surface area contributed by atoms with Crippen LogP contribution in [0.25, 0.3) is 0 Å². The van der Waals surface area contributed by atoms with Crippen LogP contribution in [0.4, 0.5) is 22.0 Å². The number of esters is 1. The van der Waals surface area contributed by atoms with E-state index in [0.717, 1.165) is 0 Å². The van der Waals surface area contributed by atoms with Crippen molar-refractivity contribution in [2.45, 2.75) is 131 Å². The summed E-state index contributed by atoms with van der Waals surface area (Å²) in [4.78, 5) is 12.6. The highest BCUT2D eigenvalue weighted by atomic mass is 19.2. The van der Waals surface area contributed by atoms with Crippen molar-refractivity contribution >= 4 is 5.97 Å². The van der Waals surface area contributed by atoms with Crippen LogP contribution in [0.15, 0.2) is 0 Å². The number of rotatable bonds is 13. The minimum Gasteiger partial charge on any atom is -0.420 e. The normalized spacial score (nSPS) is 19.0. The molecule has 1 aromatic rings. The first-order valence-corrected chi connectivity index (χ1v) is 15.5. The van der Waals surface area contributed by atoms with Crippen molar-refractivity contribution in [2.75, 3.05) is 19.8 Å². The summed E-state index contributed by atoms with van der Waals surface area (Å²) in [6, 6.07) is 0. The van der Waals surface area contributed by atoms with Gasteiger partial charge in [0.15, 0.2) is 0 Å². The van der Waals surface area contributed by atoms with E-state index < -0.39 is 75.0 Å². The molecule has 0 radical (unpaired) electrons. The van der Waals surface area contributed by atoms with Crippen molar-refractivity contribution in [3.63, 3.8) is 0 Å². The lowest BCUT2D eigenvalue weighted by Crippen LogP contribution is -2.42. The second-order valence-corrected chi connectivity index (χ2v) is 14.1. The van der Waals surface area contributed by atoms with Crippen molar-refractivity contribution < 1.29 is 66.7 Å². The Hall–Kier alpha value is -1.98. The number of aliphatic hydroxyl groups excluding tert-OH is 2. The van der Waals surface area contributed by atoms with E-state index in [4.69, 9.17) is 25.0 Å². The molecule has 0 amide bonds. The minimum absolute atomic E-state index is 0.0630. The molecule has 3 unspecified atom stereocenters. The predicted octanol–water partition coefficient (Wildman–Crippen LogP) is 6.07. The zero-order chi connectivity index (χ0) is 37.1. The topological polar surface area (TPSA) is 149 Å². The van der Waals surface area contributed by atoms with E-state index in [-0.39, 0.29) is 30.9 Å². The average Bonchev–Trinajstić information content (AvgIpc) is 2.93. The zero-order valence-corrected chi connectivity index (χ0v) is 29.1. The molecular weight excluding hydrogens is 637 g/mol. The summed E-state index contributed by atoms with van der Waals surface area (Å²) in [6.45, 7) is 18.2. The van der Waals surface area contributed by atoms with E-state index in [1.54, 1.807) is 13.8 Å². The fourth-order valence-corrected chi connectivity index (χ4v) is 5.32. The predicted molar refractivity (Wildman–Crippen MR) is 162 cm³/mol. The molecule has 0 aromatic heterocycles. The third kappa shape index (κ3) is 15.9. The molecule has 276 valence electrons. The van der Waals surface area contributed by atoms with E-state index >= 15 is 0 Å². The molecule has 1 aliphatic rings. The van der Waals surface area contributed by atoms with Crippen LogP contribution in [0.1, 0.15) is 101 Å². The Kier molecular flexibility index (Phi) is 17.9. The molecule has 0 aliphatic carbocycles. The highest BCUT2D eigenvalue weighted by Crippen LogP contribution is 2.42. The van der Waals surface area contributed by atoms with Gasteiger partial charge >= 0.3 is 5.97 Å². The molecule has 1 fully saturated rings. The maximum atomic E-state index is 13.9.